The molecule has 166 valence electrons. The van der Waals surface area contributed by atoms with Gasteiger partial charge in [-0.3, -0.25) is 19.6 Å². The van der Waals surface area contributed by atoms with Gasteiger partial charge in [-0.05, 0) is 50.2 Å². The Labute approximate surface area is 185 Å². The molecule has 2 N–H and O–H groups in total. The van der Waals surface area contributed by atoms with Crippen LogP contribution < -0.4 is 14.8 Å². The quantitative estimate of drug-likeness (QED) is 0.384. The number of nitrogens with zero attached hydrogens (tertiary/aromatic N) is 1. The van der Waals surface area contributed by atoms with Crippen molar-refractivity contribution < 1.29 is 22.9 Å². The molecule has 3 aromatic carbocycles. The molecule has 0 atom stereocenters. The zero-order chi connectivity index (χ0) is 23.3. The fraction of sp³-hybridized carbons (Fsp3) is 0.136. The van der Waals surface area contributed by atoms with Crippen molar-refractivity contribution >= 4 is 33.0 Å². The van der Waals surface area contributed by atoms with Crippen molar-refractivity contribution in [1.29, 1.82) is 0 Å². The van der Waals surface area contributed by atoms with Gasteiger partial charge in [0.15, 0.2) is 0 Å². The highest BCUT2D eigenvalue weighted by Gasteiger charge is 2.21. The predicted molar refractivity (Wildman–Crippen MR) is 121 cm³/mol. The third kappa shape index (κ3) is 5.03. The van der Waals surface area contributed by atoms with Crippen LogP contribution in [0.15, 0.2) is 71.6 Å². The number of hydrogen-bond acceptors (Lipinski definition) is 6. The molecule has 0 radical (unpaired) electrons. The molecule has 1 amide bonds. The summed E-state index contributed by atoms with van der Waals surface area (Å²) in [6.45, 7) is 3.53. The van der Waals surface area contributed by atoms with Crippen molar-refractivity contribution in [3.63, 3.8) is 0 Å². The molecule has 0 aromatic heterocycles. The lowest BCUT2D eigenvalue weighted by Gasteiger charge is -2.15. The van der Waals surface area contributed by atoms with Crippen LogP contribution >= 0.6 is 0 Å². The molecule has 0 saturated carbocycles. The SMILES string of the molecule is CCOc1ccc(S(=O)(=O)Nc2cccc([N+](=O)[O-])c2C)cc1NC(=O)c1ccccc1. The number of hydrogen-bond donors (Lipinski definition) is 2. The number of benzene rings is 3. The summed E-state index contributed by atoms with van der Waals surface area (Å²) in [6, 6.07) is 16.6. The van der Waals surface area contributed by atoms with Gasteiger partial charge < -0.3 is 10.1 Å². The monoisotopic (exact) mass is 455 g/mol. The highest BCUT2D eigenvalue weighted by molar-refractivity contribution is 7.92. The van der Waals surface area contributed by atoms with Gasteiger partial charge in [-0.2, -0.15) is 0 Å². The summed E-state index contributed by atoms with van der Waals surface area (Å²) in [5, 5.41) is 13.8. The second-order valence-electron chi connectivity index (χ2n) is 6.72. The first-order valence-electron chi connectivity index (χ1n) is 9.63. The van der Waals surface area contributed by atoms with Crippen molar-refractivity contribution in [3.05, 3.63) is 88.0 Å². The van der Waals surface area contributed by atoms with Crippen LogP contribution in [0.25, 0.3) is 0 Å². The second-order valence-corrected chi connectivity index (χ2v) is 8.41. The molecule has 3 rings (SSSR count). The number of carbonyl (C=O) groups is 1. The van der Waals surface area contributed by atoms with Crippen LogP contribution in [0, 0.1) is 17.0 Å². The van der Waals surface area contributed by atoms with E-state index in [1.165, 1.54) is 43.3 Å². The molecule has 0 spiro atoms. The maximum absolute atomic E-state index is 13.0. The van der Waals surface area contributed by atoms with Gasteiger partial charge in [-0.1, -0.05) is 24.3 Å². The summed E-state index contributed by atoms with van der Waals surface area (Å²) in [4.78, 5) is 23.0. The zero-order valence-electron chi connectivity index (χ0n) is 17.4. The van der Waals surface area contributed by atoms with Gasteiger partial charge in [0.2, 0.25) is 0 Å². The first kappa shape index (κ1) is 22.8. The molecule has 10 heteroatoms. The third-order valence-corrected chi connectivity index (χ3v) is 5.95. The Morgan fingerprint density at radius 1 is 1.03 bits per heavy atom. The first-order valence-corrected chi connectivity index (χ1v) is 11.1. The topological polar surface area (TPSA) is 128 Å². The summed E-state index contributed by atoms with van der Waals surface area (Å²) in [5.41, 5.74) is 0.646. The van der Waals surface area contributed by atoms with E-state index in [9.17, 15) is 23.3 Å². The van der Waals surface area contributed by atoms with Gasteiger partial charge in [0, 0.05) is 11.6 Å². The van der Waals surface area contributed by atoms with E-state index in [4.69, 9.17) is 4.74 Å². The van der Waals surface area contributed by atoms with Crippen molar-refractivity contribution in [3.8, 4) is 5.75 Å². The Morgan fingerprint density at radius 2 is 1.75 bits per heavy atom. The summed E-state index contributed by atoms with van der Waals surface area (Å²) in [7, 11) is -4.11. The van der Waals surface area contributed by atoms with Gasteiger partial charge in [-0.25, -0.2) is 8.42 Å². The molecule has 0 heterocycles. The summed E-state index contributed by atoms with van der Waals surface area (Å²) >= 11 is 0. The minimum Gasteiger partial charge on any atom is -0.492 e. The molecule has 0 aliphatic rings. The molecule has 0 aliphatic carbocycles. The van der Waals surface area contributed by atoms with Crippen LogP contribution in [0.1, 0.15) is 22.8 Å². The molecule has 0 fully saturated rings. The molecular formula is C22H21N3O6S. The average Bonchev–Trinajstić information content (AvgIpc) is 2.76. The standard InChI is InChI=1S/C22H21N3O6S/c1-3-31-21-13-12-17(14-19(21)23-22(26)16-8-5-4-6-9-16)32(29,30)24-18-10-7-11-20(15(18)2)25(27)28/h4-14,24H,3H2,1-2H3,(H,23,26). The number of sulfonamides is 1. The van der Waals surface area contributed by atoms with Crippen molar-refractivity contribution in [1.82, 2.24) is 0 Å². The lowest BCUT2D eigenvalue weighted by Crippen LogP contribution is -2.16. The zero-order valence-corrected chi connectivity index (χ0v) is 18.2. The molecule has 0 unspecified atom stereocenters. The van der Waals surface area contributed by atoms with E-state index < -0.39 is 20.9 Å². The molecule has 32 heavy (non-hydrogen) atoms. The summed E-state index contributed by atoms with van der Waals surface area (Å²) < 4.78 is 33.8. The van der Waals surface area contributed by atoms with Gasteiger partial charge in [-0.15, -0.1) is 0 Å². The largest absolute Gasteiger partial charge is 0.492 e. The van der Waals surface area contributed by atoms with Crippen LogP contribution in [0.2, 0.25) is 0 Å². The summed E-state index contributed by atoms with van der Waals surface area (Å²) in [5.74, 6) is -0.120. The average molecular weight is 455 g/mol. The fourth-order valence-corrected chi connectivity index (χ4v) is 4.12. The van der Waals surface area contributed by atoms with Crippen LogP contribution in [-0.4, -0.2) is 25.9 Å². The lowest BCUT2D eigenvalue weighted by atomic mass is 10.2. The van der Waals surface area contributed by atoms with Crippen LogP contribution in [0.5, 0.6) is 5.75 Å². The maximum atomic E-state index is 13.0. The third-order valence-electron chi connectivity index (χ3n) is 4.59. The Bertz CT molecular complexity index is 1260. The summed E-state index contributed by atoms with van der Waals surface area (Å²) in [6.07, 6.45) is 0. The number of carbonyl (C=O) groups excluding carboxylic acids is 1. The van der Waals surface area contributed by atoms with E-state index >= 15 is 0 Å². The van der Waals surface area contributed by atoms with Crippen LogP contribution in [0.4, 0.5) is 17.1 Å². The number of nitro groups is 1. The van der Waals surface area contributed by atoms with Crippen molar-refractivity contribution in [2.75, 3.05) is 16.6 Å². The number of ether oxygens (including phenoxy) is 1. The van der Waals surface area contributed by atoms with Gasteiger partial charge >= 0.3 is 0 Å². The molecular weight excluding hydrogens is 434 g/mol. The number of nitrogens with one attached hydrogen (secondary N) is 2. The van der Waals surface area contributed by atoms with E-state index in [1.54, 1.807) is 37.3 Å². The molecule has 3 aromatic rings. The lowest BCUT2D eigenvalue weighted by molar-refractivity contribution is -0.385. The Morgan fingerprint density at radius 3 is 2.41 bits per heavy atom. The Hall–Kier alpha value is -3.92. The first-order chi connectivity index (χ1) is 15.2. The predicted octanol–water partition coefficient (Wildman–Crippen LogP) is 4.36. The highest BCUT2D eigenvalue weighted by atomic mass is 32.2. The molecule has 9 nitrogen and oxygen atoms in total. The second kappa shape index (κ2) is 9.48. The normalized spacial score (nSPS) is 10.9. The van der Waals surface area contributed by atoms with Crippen molar-refractivity contribution in [2.45, 2.75) is 18.7 Å². The maximum Gasteiger partial charge on any atom is 0.274 e. The molecule has 0 bridgehead atoms. The van der Waals surface area contributed by atoms with E-state index in [0.717, 1.165) is 0 Å². The van der Waals surface area contributed by atoms with Gasteiger partial charge in [0.25, 0.3) is 21.6 Å². The highest BCUT2D eigenvalue weighted by Crippen LogP contribution is 2.31. The molecule has 0 saturated heterocycles. The van der Waals surface area contributed by atoms with E-state index in [2.05, 4.69) is 10.0 Å². The van der Waals surface area contributed by atoms with Gasteiger partial charge in [0.05, 0.1) is 33.4 Å². The van der Waals surface area contributed by atoms with E-state index in [1.807, 2.05) is 0 Å². The van der Waals surface area contributed by atoms with Gasteiger partial charge in [0.1, 0.15) is 5.75 Å². The Balaban J connectivity index is 1.95. The number of nitro benzene ring substituents is 1. The Kier molecular flexibility index (Phi) is 6.74. The van der Waals surface area contributed by atoms with E-state index in [0.29, 0.717) is 17.9 Å². The molecule has 0 aliphatic heterocycles. The van der Waals surface area contributed by atoms with Crippen LogP contribution in [0.3, 0.4) is 0 Å². The van der Waals surface area contributed by atoms with Crippen LogP contribution in [-0.2, 0) is 10.0 Å². The number of rotatable bonds is 8. The minimum atomic E-state index is -4.11. The van der Waals surface area contributed by atoms with Crippen molar-refractivity contribution in [2.24, 2.45) is 0 Å². The number of anilines is 2. The fourth-order valence-electron chi connectivity index (χ4n) is 2.97. The minimum absolute atomic E-state index is 0.0861. The van der Waals surface area contributed by atoms with E-state index in [-0.39, 0.29) is 27.5 Å². The number of amides is 1. The smallest absolute Gasteiger partial charge is 0.274 e.